The predicted molar refractivity (Wildman–Crippen MR) is 141 cm³/mol. The number of fused-ring (bicyclic) bond motifs is 1. The molecule has 0 amide bonds. The van der Waals surface area contributed by atoms with Crippen LogP contribution in [0, 0.1) is 0 Å². The van der Waals surface area contributed by atoms with Crippen LogP contribution in [0.5, 0.6) is 0 Å². The van der Waals surface area contributed by atoms with Gasteiger partial charge in [-0.3, -0.25) is 9.69 Å². The summed E-state index contributed by atoms with van der Waals surface area (Å²) >= 11 is 6.53. The lowest BCUT2D eigenvalue weighted by molar-refractivity contribution is 0.249. The smallest absolute Gasteiger partial charge is 0.276 e. The maximum atomic E-state index is 12.6. The highest BCUT2D eigenvalue weighted by Gasteiger charge is 2.19. The molecule has 1 aliphatic rings. The summed E-state index contributed by atoms with van der Waals surface area (Å²) in [7, 11) is 0. The minimum atomic E-state index is -0.385. The zero-order valence-electron chi connectivity index (χ0n) is 19.1. The maximum absolute atomic E-state index is 12.6. The summed E-state index contributed by atoms with van der Waals surface area (Å²) in [6.07, 6.45) is 1.82. The van der Waals surface area contributed by atoms with E-state index in [1.807, 2.05) is 60.8 Å². The molecule has 178 valence electrons. The Morgan fingerprint density at radius 2 is 1.74 bits per heavy atom. The van der Waals surface area contributed by atoms with Crippen LogP contribution >= 0.6 is 11.6 Å². The van der Waals surface area contributed by atoms with Gasteiger partial charge in [0.25, 0.3) is 5.56 Å². The van der Waals surface area contributed by atoms with Crippen LogP contribution in [-0.4, -0.2) is 46.0 Å². The van der Waals surface area contributed by atoms with Crippen molar-refractivity contribution in [3.05, 3.63) is 99.1 Å². The van der Waals surface area contributed by atoms with E-state index in [9.17, 15) is 4.79 Å². The molecule has 2 aromatic carbocycles. The number of nitrogens with zero attached hydrogens (tertiary/aromatic N) is 4. The Bertz CT molecular complexity index is 1440. The monoisotopic (exact) mass is 487 g/mol. The van der Waals surface area contributed by atoms with E-state index < -0.39 is 0 Å². The van der Waals surface area contributed by atoms with Crippen LogP contribution < -0.4 is 21.9 Å². The molecule has 1 fully saturated rings. The van der Waals surface area contributed by atoms with Crippen LogP contribution in [0.2, 0.25) is 5.02 Å². The summed E-state index contributed by atoms with van der Waals surface area (Å²) in [5.41, 5.74) is 15.8. The number of H-pyrrole nitrogens is 1. The van der Waals surface area contributed by atoms with Gasteiger partial charge >= 0.3 is 0 Å². The van der Waals surface area contributed by atoms with Crippen LogP contribution in [-0.2, 0) is 6.54 Å². The zero-order chi connectivity index (χ0) is 24.4. The molecule has 0 atom stereocenters. The quantitative estimate of drug-likeness (QED) is 0.396. The number of nitrogens with one attached hydrogen (secondary N) is 1. The van der Waals surface area contributed by atoms with Gasteiger partial charge in [-0.05, 0) is 47.5 Å². The molecule has 0 bridgehead atoms. The normalized spacial score (nSPS) is 15.3. The van der Waals surface area contributed by atoms with Gasteiger partial charge in [0, 0.05) is 43.9 Å². The number of pyridine rings is 1. The van der Waals surface area contributed by atoms with E-state index in [1.54, 1.807) is 6.07 Å². The van der Waals surface area contributed by atoms with Crippen LogP contribution in [0.4, 0.5) is 5.82 Å². The van der Waals surface area contributed by atoms with Crippen molar-refractivity contribution in [1.82, 2.24) is 19.9 Å². The molecular formula is C26H26ClN7O. The van der Waals surface area contributed by atoms with Gasteiger partial charge in [-0.25, -0.2) is 9.97 Å². The Morgan fingerprint density at radius 3 is 2.51 bits per heavy atom. The number of para-hydroxylation sites is 2. The standard InChI is InChI=1S/C26H26ClN7O/c27-19-9-8-17(23(28)24(29)25-26(35)32-21-6-2-1-5-20(21)31-25)15-18(19)16-33-11-13-34(14-12-33)22-7-3-4-10-30-22/h1-10,15H,11-14,16,28-29H2,(H,32,35)/b24-23+. The number of piperazine rings is 1. The fraction of sp³-hybridized carbons (Fsp3) is 0.192. The Hall–Kier alpha value is -3.88. The van der Waals surface area contributed by atoms with E-state index in [2.05, 4.69) is 24.8 Å². The molecule has 9 heteroatoms. The average molecular weight is 488 g/mol. The molecule has 5 N–H and O–H groups in total. The number of anilines is 1. The molecule has 0 aliphatic carbocycles. The Labute approximate surface area is 207 Å². The van der Waals surface area contributed by atoms with Crippen molar-refractivity contribution in [2.45, 2.75) is 6.54 Å². The topological polar surface area (TPSA) is 117 Å². The third-order valence-corrected chi connectivity index (χ3v) is 6.61. The van der Waals surface area contributed by atoms with Crippen molar-refractivity contribution in [2.24, 2.45) is 11.5 Å². The molecule has 35 heavy (non-hydrogen) atoms. The van der Waals surface area contributed by atoms with Crippen LogP contribution in [0.3, 0.4) is 0 Å². The Balaban J connectivity index is 1.36. The summed E-state index contributed by atoms with van der Waals surface area (Å²) in [6.45, 7) is 4.24. The van der Waals surface area contributed by atoms with Gasteiger partial charge in [0.05, 0.1) is 22.4 Å². The predicted octanol–water partition coefficient (Wildman–Crippen LogP) is 3.04. The number of nitrogens with two attached hydrogens (primary N) is 2. The minimum Gasteiger partial charge on any atom is -0.397 e. The van der Waals surface area contributed by atoms with E-state index in [0.717, 1.165) is 37.6 Å². The fourth-order valence-electron chi connectivity index (χ4n) is 4.28. The summed E-state index contributed by atoms with van der Waals surface area (Å²) in [6, 6.07) is 18.8. The van der Waals surface area contributed by atoms with Gasteiger partial charge in [0.1, 0.15) is 5.82 Å². The molecule has 0 saturated carbocycles. The highest BCUT2D eigenvalue weighted by atomic mass is 35.5. The molecule has 1 aliphatic heterocycles. The van der Waals surface area contributed by atoms with Gasteiger partial charge in [0.15, 0.2) is 5.69 Å². The SMILES string of the molecule is N/C(=C(/N)c1nc2ccccc2[nH]c1=O)c1ccc(Cl)c(CN2CCN(c3ccccn3)CC2)c1. The van der Waals surface area contributed by atoms with Gasteiger partial charge < -0.3 is 21.4 Å². The van der Waals surface area contributed by atoms with Crippen LogP contribution in [0.15, 0.2) is 71.7 Å². The number of hydrogen-bond donors (Lipinski definition) is 3. The molecule has 0 spiro atoms. The largest absolute Gasteiger partial charge is 0.397 e. The summed E-state index contributed by atoms with van der Waals surface area (Å²) in [5.74, 6) is 0.998. The highest BCUT2D eigenvalue weighted by molar-refractivity contribution is 6.31. The van der Waals surface area contributed by atoms with E-state index in [4.69, 9.17) is 23.1 Å². The number of halogens is 1. The molecule has 0 unspecified atom stereocenters. The van der Waals surface area contributed by atoms with Gasteiger partial charge in [-0.2, -0.15) is 0 Å². The minimum absolute atomic E-state index is 0.100. The van der Waals surface area contributed by atoms with Crippen molar-refractivity contribution < 1.29 is 0 Å². The van der Waals surface area contributed by atoms with Crippen molar-refractivity contribution in [3.8, 4) is 0 Å². The second kappa shape index (κ2) is 9.77. The van der Waals surface area contributed by atoms with Crippen LogP contribution in [0.25, 0.3) is 22.4 Å². The fourth-order valence-corrected chi connectivity index (χ4v) is 4.45. The lowest BCUT2D eigenvalue weighted by Crippen LogP contribution is -2.46. The van der Waals surface area contributed by atoms with Crippen molar-refractivity contribution >= 4 is 39.8 Å². The van der Waals surface area contributed by atoms with Crippen molar-refractivity contribution in [1.29, 1.82) is 0 Å². The molecule has 1 saturated heterocycles. The van der Waals surface area contributed by atoms with E-state index in [0.29, 0.717) is 28.2 Å². The lowest BCUT2D eigenvalue weighted by Gasteiger charge is -2.35. The third-order valence-electron chi connectivity index (χ3n) is 6.24. The van der Waals surface area contributed by atoms with Gasteiger partial charge in [-0.1, -0.05) is 35.9 Å². The average Bonchev–Trinajstić information content (AvgIpc) is 2.89. The second-order valence-electron chi connectivity index (χ2n) is 8.52. The Morgan fingerprint density at radius 1 is 0.971 bits per heavy atom. The third kappa shape index (κ3) is 4.84. The summed E-state index contributed by atoms with van der Waals surface area (Å²) in [5, 5.41) is 0.661. The zero-order valence-corrected chi connectivity index (χ0v) is 19.9. The van der Waals surface area contributed by atoms with Crippen LogP contribution in [0.1, 0.15) is 16.8 Å². The molecule has 2 aromatic heterocycles. The van der Waals surface area contributed by atoms with Gasteiger partial charge in [-0.15, -0.1) is 0 Å². The first-order valence-electron chi connectivity index (χ1n) is 11.4. The molecule has 8 nitrogen and oxygen atoms in total. The van der Waals surface area contributed by atoms with Gasteiger partial charge in [0.2, 0.25) is 0 Å². The van der Waals surface area contributed by atoms with Crippen molar-refractivity contribution in [2.75, 3.05) is 31.1 Å². The number of aromatic nitrogens is 3. The van der Waals surface area contributed by atoms with E-state index in [-0.39, 0.29) is 22.6 Å². The Kier molecular flexibility index (Phi) is 6.39. The van der Waals surface area contributed by atoms with E-state index in [1.165, 1.54) is 0 Å². The first-order valence-corrected chi connectivity index (χ1v) is 11.8. The first-order chi connectivity index (χ1) is 17.0. The number of hydrogen-bond acceptors (Lipinski definition) is 7. The highest BCUT2D eigenvalue weighted by Crippen LogP contribution is 2.25. The number of rotatable bonds is 5. The summed E-state index contributed by atoms with van der Waals surface area (Å²) < 4.78 is 0. The summed E-state index contributed by atoms with van der Waals surface area (Å²) in [4.78, 5) is 28.9. The number of aromatic amines is 1. The van der Waals surface area contributed by atoms with Crippen molar-refractivity contribution in [3.63, 3.8) is 0 Å². The second-order valence-corrected chi connectivity index (χ2v) is 8.92. The maximum Gasteiger partial charge on any atom is 0.276 e. The van der Waals surface area contributed by atoms with E-state index >= 15 is 0 Å². The molecule has 4 aromatic rings. The first kappa shape index (κ1) is 22.9. The molecule has 0 radical (unpaired) electrons. The molecule has 3 heterocycles. The number of benzene rings is 2. The molecular weight excluding hydrogens is 462 g/mol. The lowest BCUT2D eigenvalue weighted by atomic mass is 10.0. The molecule has 5 rings (SSSR count).